The van der Waals surface area contributed by atoms with Crippen LogP contribution in [0.5, 0.6) is 0 Å². The number of benzene rings is 1. The Hall–Kier alpha value is -1.46. The molecule has 2 rings (SSSR count). The molecular formula is C15H20N2O2S. The van der Waals surface area contributed by atoms with E-state index in [9.17, 15) is 4.79 Å². The number of aryl methyl sites for hydroxylation is 1. The predicted octanol–water partition coefficient (Wildman–Crippen LogP) is 2.12. The topological polar surface area (TPSA) is 41.6 Å². The molecule has 20 heavy (non-hydrogen) atoms. The Labute approximate surface area is 125 Å². The SMILES string of the molecule is Cc1cccc(C(=O)NC(=S)N2C[C@@H](C)O[C@H](C)C2)c1. The highest BCUT2D eigenvalue weighted by Crippen LogP contribution is 2.11. The van der Waals surface area contributed by atoms with Crippen LogP contribution in [-0.4, -0.2) is 41.2 Å². The molecule has 0 aromatic heterocycles. The van der Waals surface area contributed by atoms with Crippen molar-refractivity contribution in [1.82, 2.24) is 10.2 Å². The second kappa shape index (κ2) is 6.33. The lowest BCUT2D eigenvalue weighted by Crippen LogP contribution is -2.52. The van der Waals surface area contributed by atoms with Crippen LogP contribution in [0.4, 0.5) is 0 Å². The summed E-state index contributed by atoms with van der Waals surface area (Å²) in [5.74, 6) is -0.162. The maximum absolute atomic E-state index is 12.2. The number of rotatable bonds is 1. The molecule has 0 saturated carbocycles. The minimum absolute atomic E-state index is 0.118. The maximum Gasteiger partial charge on any atom is 0.257 e. The summed E-state index contributed by atoms with van der Waals surface area (Å²) >= 11 is 5.33. The van der Waals surface area contributed by atoms with Gasteiger partial charge in [-0.05, 0) is 45.1 Å². The van der Waals surface area contributed by atoms with Crippen LogP contribution in [0.25, 0.3) is 0 Å². The number of ether oxygens (including phenoxy) is 1. The molecular weight excluding hydrogens is 272 g/mol. The van der Waals surface area contributed by atoms with E-state index in [1.54, 1.807) is 6.07 Å². The number of nitrogens with one attached hydrogen (secondary N) is 1. The first-order valence-corrected chi connectivity index (χ1v) is 7.19. The number of nitrogens with zero attached hydrogens (tertiary/aromatic N) is 1. The van der Waals surface area contributed by atoms with Crippen LogP contribution in [0.2, 0.25) is 0 Å². The third-order valence-corrected chi connectivity index (χ3v) is 3.57. The van der Waals surface area contributed by atoms with Gasteiger partial charge in [-0.15, -0.1) is 0 Å². The maximum atomic E-state index is 12.2. The average molecular weight is 292 g/mol. The summed E-state index contributed by atoms with van der Waals surface area (Å²) in [7, 11) is 0. The van der Waals surface area contributed by atoms with E-state index in [4.69, 9.17) is 17.0 Å². The third kappa shape index (κ3) is 3.77. The number of amides is 1. The van der Waals surface area contributed by atoms with Gasteiger partial charge in [0, 0.05) is 18.7 Å². The molecule has 2 atom stereocenters. The number of morpholine rings is 1. The van der Waals surface area contributed by atoms with Crippen LogP contribution in [0, 0.1) is 6.92 Å². The lowest BCUT2D eigenvalue weighted by Gasteiger charge is -2.36. The molecule has 1 saturated heterocycles. The van der Waals surface area contributed by atoms with Crippen molar-refractivity contribution in [1.29, 1.82) is 0 Å². The van der Waals surface area contributed by atoms with Crippen LogP contribution in [0.15, 0.2) is 24.3 Å². The van der Waals surface area contributed by atoms with Gasteiger partial charge in [0.05, 0.1) is 12.2 Å². The molecule has 1 heterocycles. The average Bonchev–Trinajstić information content (AvgIpc) is 2.37. The van der Waals surface area contributed by atoms with Gasteiger partial charge in [0.15, 0.2) is 5.11 Å². The Morgan fingerprint density at radius 2 is 2.00 bits per heavy atom. The van der Waals surface area contributed by atoms with Gasteiger partial charge < -0.3 is 9.64 Å². The monoisotopic (exact) mass is 292 g/mol. The molecule has 1 aliphatic rings. The van der Waals surface area contributed by atoms with E-state index in [2.05, 4.69) is 5.32 Å². The van der Waals surface area contributed by atoms with Crippen LogP contribution < -0.4 is 5.32 Å². The zero-order valence-corrected chi connectivity index (χ0v) is 12.9. The molecule has 1 amide bonds. The summed E-state index contributed by atoms with van der Waals surface area (Å²) in [5, 5.41) is 3.27. The smallest absolute Gasteiger partial charge is 0.257 e. The standard InChI is InChI=1S/C15H20N2O2S/c1-10-5-4-6-13(7-10)14(18)16-15(20)17-8-11(2)19-12(3)9-17/h4-7,11-12H,8-9H2,1-3H3,(H,16,18,20)/t11-,12-/m1/s1. The minimum Gasteiger partial charge on any atom is -0.372 e. The zero-order valence-electron chi connectivity index (χ0n) is 12.1. The highest BCUT2D eigenvalue weighted by molar-refractivity contribution is 7.80. The molecule has 0 radical (unpaired) electrons. The number of hydrogen-bond acceptors (Lipinski definition) is 3. The van der Waals surface area contributed by atoms with Crippen LogP contribution in [-0.2, 0) is 4.74 Å². The second-order valence-electron chi connectivity index (χ2n) is 5.29. The molecule has 1 N–H and O–H groups in total. The largest absolute Gasteiger partial charge is 0.372 e. The van der Waals surface area contributed by atoms with Gasteiger partial charge >= 0.3 is 0 Å². The van der Waals surface area contributed by atoms with Gasteiger partial charge in [-0.25, -0.2) is 0 Å². The van der Waals surface area contributed by atoms with E-state index in [0.29, 0.717) is 23.8 Å². The first-order valence-electron chi connectivity index (χ1n) is 6.78. The van der Waals surface area contributed by atoms with E-state index in [0.717, 1.165) is 5.56 Å². The molecule has 0 unspecified atom stereocenters. The Kier molecular flexibility index (Phi) is 4.73. The quantitative estimate of drug-likeness (QED) is 0.805. The molecule has 108 valence electrons. The second-order valence-corrected chi connectivity index (χ2v) is 5.68. The first kappa shape index (κ1) is 14.9. The van der Waals surface area contributed by atoms with Crippen molar-refractivity contribution < 1.29 is 9.53 Å². The summed E-state index contributed by atoms with van der Waals surface area (Å²) in [6.45, 7) is 7.39. The van der Waals surface area contributed by atoms with Crippen LogP contribution >= 0.6 is 12.2 Å². The van der Waals surface area contributed by atoms with Crippen molar-refractivity contribution in [3.63, 3.8) is 0 Å². The van der Waals surface area contributed by atoms with Gasteiger partial charge in [0.2, 0.25) is 0 Å². The summed E-state index contributed by atoms with van der Waals surface area (Å²) in [6, 6.07) is 7.46. The normalized spacial score (nSPS) is 22.4. The van der Waals surface area contributed by atoms with Gasteiger partial charge in [-0.1, -0.05) is 17.7 Å². The van der Waals surface area contributed by atoms with Crippen molar-refractivity contribution in [3.05, 3.63) is 35.4 Å². The Morgan fingerprint density at radius 1 is 1.35 bits per heavy atom. The molecule has 1 aliphatic heterocycles. The molecule has 0 spiro atoms. The van der Waals surface area contributed by atoms with E-state index >= 15 is 0 Å². The minimum atomic E-state index is -0.162. The summed E-state index contributed by atoms with van der Waals surface area (Å²) < 4.78 is 5.66. The molecule has 1 fully saturated rings. The van der Waals surface area contributed by atoms with E-state index in [1.165, 1.54) is 0 Å². The summed E-state index contributed by atoms with van der Waals surface area (Å²) in [6.07, 6.45) is 0.236. The van der Waals surface area contributed by atoms with E-state index in [-0.39, 0.29) is 18.1 Å². The molecule has 0 aliphatic carbocycles. The van der Waals surface area contributed by atoms with Crippen molar-refractivity contribution in [2.75, 3.05) is 13.1 Å². The van der Waals surface area contributed by atoms with Crippen molar-refractivity contribution in [2.45, 2.75) is 33.0 Å². The Balaban J connectivity index is 1.99. The van der Waals surface area contributed by atoms with Gasteiger partial charge in [0.25, 0.3) is 5.91 Å². The fraction of sp³-hybridized carbons (Fsp3) is 0.467. The fourth-order valence-electron chi connectivity index (χ4n) is 2.38. The highest BCUT2D eigenvalue weighted by Gasteiger charge is 2.24. The van der Waals surface area contributed by atoms with Crippen molar-refractivity contribution in [3.8, 4) is 0 Å². The van der Waals surface area contributed by atoms with Crippen molar-refractivity contribution >= 4 is 23.2 Å². The van der Waals surface area contributed by atoms with E-state index < -0.39 is 0 Å². The van der Waals surface area contributed by atoms with Crippen molar-refractivity contribution in [2.24, 2.45) is 0 Å². The Morgan fingerprint density at radius 3 is 2.60 bits per heavy atom. The number of hydrogen-bond donors (Lipinski definition) is 1. The first-order chi connectivity index (χ1) is 9.45. The van der Waals surface area contributed by atoms with Crippen LogP contribution in [0.1, 0.15) is 29.8 Å². The molecule has 4 nitrogen and oxygen atoms in total. The third-order valence-electron chi connectivity index (χ3n) is 3.21. The fourth-order valence-corrected chi connectivity index (χ4v) is 2.62. The number of carbonyl (C=O) groups is 1. The molecule has 0 bridgehead atoms. The molecule has 5 heteroatoms. The predicted molar refractivity (Wildman–Crippen MR) is 82.8 cm³/mol. The molecule has 1 aromatic carbocycles. The number of thiocarbonyl (C=S) groups is 1. The van der Waals surface area contributed by atoms with Crippen LogP contribution in [0.3, 0.4) is 0 Å². The Bertz CT molecular complexity index is 508. The summed E-state index contributed by atoms with van der Waals surface area (Å²) in [5.41, 5.74) is 1.68. The highest BCUT2D eigenvalue weighted by atomic mass is 32.1. The molecule has 1 aromatic rings. The lowest BCUT2D eigenvalue weighted by molar-refractivity contribution is -0.0481. The van der Waals surface area contributed by atoms with Gasteiger partial charge in [-0.2, -0.15) is 0 Å². The van der Waals surface area contributed by atoms with Gasteiger partial charge in [-0.3, -0.25) is 10.1 Å². The zero-order chi connectivity index (χ0) is 14.7. The summed E-state index contributed by atoms with van der Waals surface area (Å²) in [4.78, 5) is 14.1. The van der Waals surface area contributed by atoms with Gasteiger partial charge in [0.1, 0.15) is 0 Å². The number of carbonyl (C=O) groups excluding carboxylic acids is 1. The van der Waals surface area contributed by atoms with E-state index in [1.807, 2.05) is 43.9 Å². The lowest BCUT2D eigenvalue weighted by atomic mass is 10.1.